The molecule has 0 saturated carbocycles. The predicted molar refractivity (Wildman–Crippen MR) is 119 cm³/mol. The Hall–Kier alpha value is -2.59. The van der Waals surface area contributed by atoms with Gasteiger partial charge in [-0.2, -0.15) is 13.5 Å². The summed E-state index contributed by atoms with van der Waals surface area (Å²) in [6.07, 6.45) is 1.35. The molecular formula is C20H24BrN3O5S. The summed E-state index contributed by atoms with van der Waals surface area (Å²) < 4.78 is 36.5. The van der Waals surface area contributed by atoms with Crippen LogP contribution in [0.25, 0.3) is 0 Å². The van der Waals surface area contributed by atoms with E-state index in [0.717, 1.165) is 5.56 Å². The molecule has 2 aromatic rings. The highest BCUT2D eigenvalue weighted by molar-refractivity contribution is 9.10. The van der Waals surface area contributed by atoms with Crippen LogP contribution in [0.1, 0.15) is 16.7 Å². The van der Waals surface area contributed by atoms with Gasteiger partial charge in [0.2, 0.25) is 0 Å². The van der Waals surface area contributed by atoms with Crippen molar-refractivity contribution in [1.29, 1.82) is 0 Å². The summed E-state index contributed by atoms with van der Waals surface area (Å²) in [4.78, 5) is 15.6. The van der Waals surface area contributed by atoms with E-state index in [0.29, 0.717) is 27.1 Å². The number of hydrazone groups is 1. The lowest BCUT2D eigenvalue weighted by atomic mass is 10.2. The van der Waals surface area contributed by atoms with E-state index in [2.05, 4.69) is 25.9 Å². The van der Waals surface area contributed by atoms with Crippen LogP contribution >= 0.6 is 15.9 Å². The maximum absolute atomic E-state index is 12.5. The Balaban J connectivity index is 2.20. The molecule has 2 aromatic carbocycles. The van der Waals surface area contributed by atoms with Crippen LogP contribution in [-0.2, 0) is 14.8 Å². The molecule has 0 unspecified atom stereocenters. The zero-order valence-electron chi connectivity index (χ0n) is 17.4. The number of methoxy groups -OCH3 is 1. The summed E-state index contributed by atoms with van der Waals surface area (Å²) in [7, 11) is 0.935. The number of nitrogens with one attached hydrogen (secondary N) is 1. The van der Waals surface area contributed by atoms with Crippen molar-refractivity contribution < 1.29 is 22.7 Å². The Kier molecular flexibility index (Phi) is 7.85. The summed E-state index contributed by atoms with van der Waals surface area (Å²) in [6, 6.07) is 8.48. The van der Waals surface area contributed by atoms with Crippen LogP contribution in [0.2, 0.25) is 0 Å². The lowest BCUT2D eigenvalue weighted by Crippen LogP contribution is -2.27. The maximum atomic E-state index is 12.5. The van der Waals surface area contributed by atoms with Gasteiger partial charge in [-0.3, -0.25) is 4.79 Å². The standard InChI is InChI=1S/C20H24BrN3O5S/c1-13-6-7-14(2)18(8-13)30(26,27)23-22-11-15-9-16(21)20(17(10-15)28-5)29-12-19(25)24(3)4/h6-11,23H,12H2,1-5H3/b22-11-. The van der Waals surface area contributed by atoms with Gasteiger partial charge in [0.05, 0.1) is 22.7 Å². The minimum atomic E-state index is -3.80. The Morgan fingerprint density at radius 2 is 1.93 bits per heavy atom. The van der Waals surface area contributed by atoms with Gasteiger partial charge in [-0.1, -0.05) is 12.1 Å². The number of hydrogen-bond acceptors (Lipinski definition) is 6. The van der Waals surface area contributed by atoms with Crippen LogP contribution in [0.15, 0.2) is 44.8 Å². The fraction of sp³-hybridized carbons (Fsp3) is 0.300. The Bertz CT molecular complexity index is 1070. The van der Waals surface area contributed by atoms with E-state index in [1.54, 1.807) is 45.3 Å². The van der Waals surface area contributed by atoms with E-state index in [9.17, 15) is 13.2 Å². The van der Waals surface area contributed by atoms with Gasteiger partial charge in [-0.05, 0) is 64.7 Å². The molecule has 0 heterocycles. The number of hydrogen-bond donors (Lipinski definition) is 1. The van der Waals surface area contributed by atoms with Gasteiger partial charge in [0.15, 0.2) is 18.1 Å². The van der Waals surface area contributed by atoms with Crippen LogP contribution in [0.5, 0.6) is 11.5 Å². The number of benzene rings is 2. The van der Waals surface area contributed by atoms with Gasteiger partial charge in [0, 0.05) is 14.1 Å². The van der Waals surface area contributed by atoms with E-state index >= 15 is 0 Å². The van der Waals surface area contributed by atoms with E-state index in [1.807, 2.05) is 13.0 Å². The molecule has 0 radical (unpaired) electrons. The summed E-state index contributed by atoms with van der Waals surface area (Å²) in [6.45, 7) is 3.39. The molecule has 8 nitrogen and oxygen atoms in total. The van der Waals surface area contributed by atoms with Gasteiger partial charge >= 0.3 is 0 Å². The third kappa shape index (κ3) is 5.96. The molecule has 0 aliphatic heterocycles. The molecule has 1 N–H and O–H groups in total. The Morgan fingerprint density at radius 3 is 2.57 bits per heavy atom. The molecule has 30 heavy (non-hydrogen) atoms. The fourth-order valence-electron chi connectivity index (χ4n) is 2.43. The van der Waals surface area contributed by atoms with Crippen molar-refractivity contribution in [2.75, 3.05) is 27.8 Å². The van der Waals surface area contributed by atoms with Crippen molar-refractivity contribution in [3.8, 4) is 11.5 Å². The third-order valence-corrected chi connectivity index (χ3v) is 6.06. The van der Waals surface area contributed by atoms with Crippen LogP contribution < -0.4 is 14.3 Å². The molecule has 0 aromatic heterocycles. The van der Waals surface area contributed by atoms with Crippen LogP contribution in [0.4, 0.5) is 0 Å². The Morgan fingerprint density at radius 1 is 1.23 bits per heavy atom. The van der Waals surface area contributed by atoms with Gasteiger partial charge in [-0.25, -0.2) is 4.83 Å². The second-order valence-corrected chi connectivity index (χ2v) is 9.22. The smallest absolute Gasteiger partial charge is 0.276 e. The molecule has 1 amide bonds. The maximum Gasteiger partial charge on any atom is 0.276 e. The number of ether oxygens (including phenoxy) is 2. The van der Waals surface area contributed by atoms with E-state index in [-0.39, 0.29) is 17.4 Å². The fourth-order valence-corrected chi connectivity index (χ4v) is 4.13. The summed E-state index contributed by atoms with van der Waals surface area (Å²) in [5, 5.41) is 3.86. The van der Waals surface area contributed by atoms with E-state index in [1.165, 1.54) is 18.2 Å². The van der Waals surface area contributed by atoms with Gasteiger partial charge in [0.25, 0.3) is 15.9 Å². The number of sulfonamides is 1. The molecule has 0 aliphatic carbocycles. The van der Waals surface area contributed by atoms with Crippen molar-refractivity contribution in [2.24, 2.45) is 5.10 Å². The monoisotopic (exact) mass is 497 g/mol. The van der Waals surface area contributed by atoms with Crippen molar-refractivity contribution in [2.45, 2.75) is 18.7 Å². The molecule has 0 atom stereocenters. The number of amides is 1. The first-order valence-corrected chi connectivity index (χ1v) is 11.2. The van der Waals surface area contributed by atoms with Gasteiger partial charge < -0.3 is 14.4 Å². The van der Waals surface area contributed by atoms with Crippen molar-refractivity contribution in [1.82, 2.24) is 9.73 Å². The van der Waals surface area contributed by atoms with Crippen molar-refractivity contribution in [3.05, 3.63) is 51.5 Å². The second kappa shape index (κ2) is 9.94. The number of aryl methyl sites for hydroxylation is 2. The number of nitrogens with zero attached hydrogens (tertiary/aromatic N) is 2. The molecule has 10 heteroatoms. The van der Waals surface area contributed by atoms with Gasteiger partial charge in [-0.15, -0.1) is 0 Å². The Labute approximate surface area is 185 Å². The normalized spacial score (nSPS) is 11.4. The van der Waals surface area contributed by atoms with Crippen LogP contribution in [0, 0.1) is 13.8 Å². The number of carbonyl (C=O) groups excluding carboxylic acids is 1. The minimum Gasteiger partial charge on any atom is -0.493 e. The molecule has 0 fully saturated rings. The molecule has 2 rings (SSSR count). The quantitative estimate of drug-likeness (QED) is 0.446. The lowest BCUT2D eigenvalue weighted by Gasteiger charge is -2.15. The minimum absolute atomic E-state index is 0.148. The number of halogens is 1. The van der Waals surface area contributed by atoms with Crippen LogP contribution in [0.3, 0.4) is 0 Å². The molecule has 0 bridgehead atoms. The molecular weight excluding hydrogens is 474 g/mol. The number of rotatable bonds is 8. The number of likely N-dealkylation sites (N-methyl/N-ethyl adjacent to an activating group) is 1. The first kappa shape index (κ1) is 23.7. The van der Waals surface area contributed by atoms with E-state index in [4.69, 9.17) is 9.47 Å². The number of carbonyl (C=O) groups is 1. The predicted octanol–water partition coefficient (Wildman–Crippen LogP) is 2.85. The second-order valence-electron chi connectivity index (χ2n) is 6.73. The third-order valence-electron chi connectivity index (χ3n) is 4.11. The average Bonchev–Trinajstić information content (AvgIpc) is 2.68. The van der Waals surface area contributed by atoms with Crippen LogP contribution in [-0.4, -0.2) is 53.3 Å². The lowest BCUT2D eigenvalue weighted by molar-refractivity contribution is -0.130. The largest absolute Gasteiger partial charge is 0.493 e. The zero-order valence-corrected chi connectivity index (χ0v) is 19.8. The average molecular weight is 498 g/mol. The van der Waals surface area contributed by atoms with E-state index < -0.39 is 10.0 Å². The van der Waals surface area contributed by atoms with Gasteiger partial charge in [0.1, 0.15) is 0 Å². The summed E-state index contributed by atoms with van der Waals surface area (Å²) >= 11 is 3.38. The highest BCUT2D eigenvalue weighted by atomic mass is 79.9. The first-order chi connectivity index (χ1) is 14.0. The molecule has 0 saturated heterocycles. The molecule has 0 aliphatic rings. The molecule has 162 valence electrons. The van der Waals surface area contributed by atoms with Crippen molar-refractivity contribution >= 4 is 38.1 Å². The highest BCUT2D eigenvalue weighted by Crippen LogP contribution is 2.36. The summed E-state index contributed by atoms with van der Waals surface area (Å²) in [5.41, 5.74) is 2.03. The first-order valence-electron chi connectivity index (χ1n) is 8.87. The topological polar surface area (TPSA) is 97.3 Å². The zero-order chi connectivity index (χ0) is 22.5. The van der Waals surface area contributed by atoms with Crippen molar-refractivity contribution in [3.63, 3.8) is 0 Å². The molecule has 0 spiro atoms. The summed E-state index contributed by atoms with van der Waals surface area (Å²) in [5.74, 6) is 0.533. The highest BCUT2D eigenvalue weighted by Gasteiger charge is 2.17. The SMILES string of the molecule is COc1cc(/C=N\NS(=O)(=O)c2cc(C)ccc2C)cc(Br)c1OCC(=O)N(C)C.